The summed E-state index contributed by atoms with van der Waals surface area (Å²) in [5, 5.41) is 6.76. The standard InChI is InChI=1S/CHO2.ClH.Mg/c2-1-3;;/h(H,2,3);1H;/q-1;;+2/p-1. The van der Waals surface area contributed by atoms with E-state index in [1.54, 1.807) is 0 Å². The number of hydrogen-bond donors (Lipinski definition) is 1. The Bertz CT molecular complexity index is 17.1. The molecule has 0 heterocycles. The zero-order chi connectivity index (χ0) is 2.71. The minimum atomic E-state index is 0. The van der Waals surface area contributed by atoms with Crippen LogP contribution in [0.25, 0.3) is 0 Å². The molecule has 4 heteroatoms. The summed E-state index contributed by atoms with van der Waals surface area (Å²) in [5.74, 6) is 0. The van der Waals surface area contributed by atoms with Gasteiger partial charge in [-0.05, 0) is 0 Å². The van der Waals surface area contributed by atoms with Gasteiger partial charge >= 0.3 is 23.1 Å². The molecule has 0 bridgehead atoms. The third kappa shape index (κ3) is 104. The molecule has 0 rings (SSSR count). The van der Waals surface area contributed by atoms with Crippen molar-refractivity contribution in [3.63, 3.8) is 0 Å². The Morgan fingerprint density at radius 2 is 1.60 bits per heavy atom. The van der Waals surface area contributed by atoms with Crippen LogP contribution in [-0.2, 0) is 4.79 Å². The smallest absolute Gasteiger partial charge is 1.00 e. The molecule has 0 aliphatic heterocycles. The van der Waals surface area contributed by atoms with Crippen molar-refractivity contribution in [3.8, 4) is 0 Å². The maximum atomic E-state index is 8.24. The van der Waals surface area contributed by atoms with E-state index in [4.69, 9.17) is 9.90 Å². The maximum Gasteiger partial charge on any atom is 2.00 e. The SMILES string of the molecule is O=[C-]O.[Cl-].[Mg+2]. The average Bonchev–Trinajstić information content (AvgIpc) is 0.918. The Morgan fingerprint density at radius 3 is 1.60 bits per heavy atom. The van der Waals surface area contributed by atoms with E-state index in [0.717, 1.165) is 0 Å². The summed E-state index contributed by atoms with van der Waals surface area (Å²) in [6.07, 6.45) is 0. The second kappa shape index (κ2) is 24.2. The minimum Gasteiger partial charge on any atom is -1.00 e. The third-order valence-electron chi connectivity index (χ3n) is 0. The van der Waals surface area contributed by atoms with E-state index in [9.17, 15) is 0 Å². The van der Waals surface area contributed by atoms with Crippen molar-refractivity contribution in [2.75, 3.05) is 0 Å². The van der Waals surface area contributed by atoms with Crippen LogP contribution < -0.4 is 12.4 Å². The van der Waals surface area contributed by atoms with E-state index in [1.165, 1.54) is 0 Å². The van der Waals surface area contributed by atoms with Crippen molar-refractivity contribution in [3.05, 3.63) is 0 Å². The molecule has 0 spiro atoms. The molecule has 0 aliphatic rings. The molecule has 0 saturated heterocycles. The number of halogens is 1. The molecule has 5 heavy (non-hydrogen) atoms. The van der Waals surface area contributed by atoms with Gasteiger partial charge in [-0.15, -0.1) is 0 Å². The Morgan fingerprint density at radius 1 is 1.60 bits per heavy atom. The molecule has 0 amide bonds. The molecule has 26 valence electrons. The van der Waals surface area contributed by atoms with E-state index in [0.29, 0.717) is 6.47 Å². The van der Waals surface area contributed by atoms with Crippen LogP contribution in [0, 0.1) is 0 Å². The summed E-state index contributed by atoms with van der Waals surface area (Å²) >= 11 is 0. The largest absolute Gasteiger partial charge is 2.00 e. The van der Waals surface area contributed by atoms with Crippen LogP contribution in [0.15, 0.2) is 0 Å². The molecule has 0 saturated carbocycles. The van der Waals surface area contributed by atoms with Gasteiger partial charge in [0, 0.05) is 0 Å². The second-order valence-corrected chi connectivity index (χ2v) is 0.0913. The van der Waals surface area contributed by atoms with Crippen LogP contribution in [0.4, 0.5) is 0 Å². The van der Waals surface area contributed by atoms with Crippen molar-refractivity contribution in [2.45, 2.75) is 0 Å². The summed E-state index contributed by atoms with van der Waals surface area (Å²) in [7, 11) is 0. The van der Waals surface area contributed by atoms with Gasteiger partial charge in [0.05, 0.1) is 0 Å². The van der Waals surface area contributed by atoms with E-state index in [-0.39, 0.29) is 35.5 Å². The van der Waals surface area contributed by atoms with Crippen molar-refractivity contribution >= 4 is 29.5 Å². The first-order valence-electron chi connectivity index (χ1n) is 0.428. The van der Waals surface area contributed by atoms with Crippen LogP contribution >= 0.6 is 0 Å². The van der Waals surface area contributed by atoms with E-state index >= 15 is 0 Å². The van der Waals surface area contributed by atoms with Crippen LogP contribution in [0.5, 0.6) is 0 Å². The molecular weight excluding hydrogens is 104 g/mol. The van der Waals surface area contributed by atoms with Crippen molar-refractivity contribution < 1.29 is 22.3 Å². The molecule has 0 aliphatic carbocycles. The Hall–Kier alpha value is 0.526. The molecule has 2 nitrogen and oxygen atoms in total. The molecule has 0 aromatic carbocycles. The number of rotatable bonds is 0. The van der Waals surface area contributed by atoms with Gasteiger partial charge in [0.15, 0.2) is 0 Å². The molecule has 0 fully saturated rings. The molecule has 0 atom stereocenters. The quantitative estimate of drug-likeness (QED) is 0.253. The predicted octanol–water partition coefficient (Wildman–Crippen LogP) is -3.77. The summed E-state index contributed by atoms with van der Waals surface area (Å²) in [4.78, 5) is 8.24. The van der Waals surface area contributed by atoms with Gasteiger partial charge in [-0.1, -0.05) is 6.47 Å². The Balaban J connectivity index is -0.0000000200. The van der Waals surface area contributed by atoms with Gasteiger partial charge in [-0.2, -0.15) is 0 Å². The van der Waals surface area contributed by atoms with Gasteiger partial charge in [-0.25, -0.2) is 0 Å². The summed E-state index contributed by atoms with van der Waals surface area (Å²) in [6.45, 7) is 0.500. The van der Waals surface area contributed by atoms with Crippen LogP contribution in [0.2, 0.25) is 0 Å². The predicted molar refractivity (Wildman–Crippen MR) is 14.1 cm³/mol. The summed E-state index contributed by atoms with van der Waals surface area (Å²) in [6, 6.07) is 0. The number of hydrogen-bond acceptors (Lipinski definition) is 1. The average molecular weight is 105 g/mol. The fraction of sp³-hybridized carbons (Fsp3) is 0. The first-order valence-corrected chi connectivity index (χ1v) is 0.428. The molecule has 0 unspecified atom stereocenters. The van der Waals surface area contributed by atoms with E-state index in [2.05, 4.69) is 0 Å². The van der Waals surface area contributed by atoms with Crippen molar-refractivity contribution in [1.82, 2.24) is 0 Å². The zero-order valence-corrected chi connectivity index (χ0v) is 4.61. The van der Waals surface area contributed by atoms with Crippen LogP contribution in [0.1, 0.15) is 0 Å². The number of aliphatic hydroxyl groups excluding tert-OH is 1. The first-order chi connectivity index (χ1) is 1.41. The Kier molecular flexibility index (Phi) is 85.7. The summed E-state index contributed by atoms with van der Waals surface area (Å²) in [5.41, 5.74) is 0. The monoisotopic (exact) mass is 104 g/mol. The van der Waals surface area contributed by atoms with Gasteiger partial charge < -0.3 is 22.3 Å². The minimum absolute atomic E-state index is 0. The molecule has 1 N–H and O–H groups in total. The van der Waals surface area contributed by atoms with Gasteiger partial charge in [0.2, 0.25) is 0 Å². The molecular formula is CHClMgO2. The zero-order valence-electron chi connectivity index (χ0n) is 2.44. The van der Waals surface area contributed by atoms with Crippen LogP contribution in [0.3, 0.4) is 0 Å². The summed E-state index contributed by atoms with van der Waals surface area (Å²) < 4.78 is 0. The van der Waals surface area contributed by atoms with Crippen molar-refractivity contribution in [2.24, 2.45) is 0 Å². The van der Waals surface area contributed by atoms with Gasteiger partial charge in [0.25, 0.3) is 0 Å². The third-order valence-corrected chi connectivity index (χ3v) is 0. The molecule has 0 aromatic rings. The second-order valence-electron chi connectivity index (χ2n) is 0.0913. The van der Waals surface area contributed by atoms with Gasteiger partial charge in [-0.3, -0.25) is 0 Å². The first kappa shape index (κ1) is 17.7. The van der Waals surface area contributed by atoms with Crippen molar-refractivity contribution in [1.29, 1.82) is 0 Å². The fourth-order valence-corrected chi connectivity index (χ4v) is 0. The maximum absolute atomic E-state index is 8.24. The van der Waals surface area contributed by atoms with E-state index < -0.39 is 0 Å². The molecule has 0 radical (unpaired) electrons. The van der Waals surface area contributed by atoms with E-state index in [1.807, 2.05) is 0 Å². The van der Waals surface area contributed by atoms with Gasteiger partial charge in [0.1, 0.15) is 0 Å². The Labute approximate surface area is 52.1 Å². The topological polar surface area (TPSA) is 37.3 Å². The molecule has 0 aromatic heterocycles. The van der Waals surface area contributed by atoms with Crippen LogP contribution in [-0.4, -0.2) is 34.6 Å². The fourth-order valence-electron chi connectivity index (χ4n) is 0. The normalized spacial score (nSPS) is 2.40.